The van der Waals surface area contributed by atoms with Gasteiger partial charge >= 0.3 is 0 Å². The molecule has 0 saturated heterocycles. The van der Waals surface area contributed by atoms with Gasteiger partial charge in [0, 0.05) is 6.42 Å². The molecule has 0 heterocycles. The fourth-order valence-corrected chi connectivity index (χ4v) is 0.311. The number of unbranched alkanes of at least 4 members (excludes halogenated alkanes) is 1. The highest BCUT2D eigenvalue weighted by atomic mass is 16.3. The molecular formula is C6H11O+. The smallest absolute Gasteiger partial charge is 0.0886 e. The van der Waals surface area contributed by atoms with Crippen LogP contribution in [0.5, 0.6) is 0 Å². The van der Waals surface area contributed by atoms with Crippen LogP contribution in [-0.4, -0.2) is 5.11 Å². The van der Waals surface area contributed by atoms with Crippen molar-refractivity contribution in [2.24, 2.45) is 0 Å². The van der Waals surface area contributed by atoms with Gasteiger partial charge in [-0.15, -0.1) is 0 Å². The first kappa shape index (κ1) is 6.41. The Morgan fingerprint density at radius 3 is 2.57 bits per heavy atom. The molecule has 0 aromatic heterocycles. The zero-order valence-electron chi connectivity index (χ0n) is 4.65. The van der Waals surface area contributed by atoms with Crippen LogP contribution in [0.2, 0.25) is 0 Å². The molecule has 0 fully saturated rings. The van der Waals surface area contributed by atoms with Crippen molar-refractivity contribution in [1.29, 1.82) is 0 Å². The number of aliphatic hydroxyl groups is 1. The fourth-order valence-electron chi connectivity index (χ4n) is 0.311. The molecule has 0 spiro atoms. The summed E-state index contributed by atoms with van der Waals surface area (Å²) in [6.07, 6.45) is 3.49. The maximum Gasteiger partial charge on any atom is 0.0886 e. The van der Waals surface area contributed by atoms with Crippen LogP contribution >= 0.6 is 0 Å². The van der Waals surface area contributed by atoms with Crippen LogP contribution in [0.4, 0.5) is 0 Å². The van der Waals surface area contributed by atoms with Gasteiger partial charge in [0.2, 0.25) is 0 Å². The van der Waals surface area contributed by atoms with E-state index in [0.29, 0.717) is 5.76 Å². The second kappa shape index (κ2) is 3.59. The summed E-state index contributed by atoms with van der Waals surface area (Å²) in [6.45, 7) is 5.26. The second-order valence-corrected chi connectivity index (χ2v) is 1.49. The number of hydrogen-bond donors (Lipinski definition) is 1. The summed E-state index contributed by atoms with van der Waals surface area (Å²) in [5.41, 5.74) is 0. The third-order valence-corrected chi connectivity index (χ3v) is 0.644. The number of rotatable bonds is 2. The summed E-state index contributed by atoms with van der Waals surface area (Å²) >= 11 is 0. The van der Waals surface area contributed by atoms with Crippen molar-refractivity contribution >= 4 is 0 Å². The third-order valence-electron chi connectivity index (χ3n) is 0.644. The zero-order chi connectivity index (χ0) is 5.70. The normalized spacial score (nSPS) is 11.9. The molecule has 1 nitrogen and oxygen atoms in total. The minimum Gasteiger partial charge on any atom is -0.513 e. The van der Waals surface area contributed by atoms with E-state index in [4.69, 9.17) is 5.11 Å². The number of hydrogen-bond acceptors (Lipinski definition) is 1. The van der Waals surface area contributed by atoms with E-state index in [0.717, 1.165) is 12.8 Å². The maximum absolute atomic E-state index is 8.52. The Hall–Kier alpha value is -0.590. The van der Waals surface area contributed by atoms with Crippen molar-refractivity contribution in [2.75, 3.05) is 0 Å². The molecule has 0 amide bonds. The Morgan fingerprint density at radius 2 is 2.43 bits per heavy atom. The Kier molecular flexibility index (Phi) is 3.29. The SMILES string of the molecule is [CH2+]CCC=C(C)O. The van der Waals surface area contributed by atoms with E-state index in [2.05, 4.69) is 6.92 Å². The molecule has 0 rings (SSSR count). The van der Waals surface area contributed by atoms with Gasteiger partial charge in [-0.3, -0.25) is 0 Å². The van der Waals surface area contributed by atoms with Gasteiger partial charge in [-0.05, 0) is 13.0 Å². The first-order valence-electron chi connectivity index (χ1n) is 2.42. The van der Waals surface area contributed by atoms with Gasteiger partial charge in [-0.25, -0.2) is 0 Å². The molecule has 40 valence electrons. The van der Waals surface area contributed by atoms with Crippen molar-refractivity contribution in [3.05, 3.63) is 18.8 Å². The van der Waals surface area contributed by atoms with Crippen LogP contribution < -0.4 is 0 Å². The van der Waals surface area contributed by atoms with E-state index in [-0.39, 0.29) is 0 Å². The largest absolute Gasteiger partial charge is 0.513 e. The Bertz CT molecular complexity index is 60.6. The van der Waals surface area contributed by atoms with Crippen molar-refractivity contribution < 1.29 is 5.11 Å². The minimum atomic E-state index is 0.392. The van der Waals surface area contributed by atoms with Crippen LogP contribution in [-0.2, 0) is 0 Å². The topological polar surface area (TPSA) is 20.2 Å². The van der Waals surface area contributed by atoms with E-state index < -0.39 is 0 Å². The minimum absolute atomic E-state index is 0.392. The summed E-state index contributed by atoms with van der Waals surface area (Å²) in [5, 5.41) is 8.52. The van der Waals surface area contributed by atoms with Crippen LogP contribution in [0, 0.1) is 6.92 Å². The molecular weight excluding hydrogens is 88.1 g/mol. The van der Waals surface area contributed by atoms with Crippen molar-refractivity contribution in [3.63, 3.8) is 0 Å². The molecule has 0 aliphatic carbocycles. The number of aliphatic hydroxyl groups excluding tert-OH is 1. The highest BCUT2D eigenvalue weighted by molar-refractivity contribution is 4.85. The summed E-state index contributed by atoms with van der Waals surface area (Å²) < 4.78 is 0. The molecule has 0 atom stereocenters. The predicted molar refractivity (Wildman–Crippen MR) is 31.0 cm³/mol. The van der Waals surface area contributed by atoms with E-state index >= 15 is 0 Å². The summed E-state index contributed by atoms with van der Waals surface area (Å²) in [4.78, 5) is 0. The summed E-state index contributed by atoms with van der Waals surface area (Å²) in [6, 6.07) is 0. The average molecular weight is 99.2 g/mol. The van der Waals surface area contributed by atoms with E-state index in [1.54, 1.807) is 13.0 Å². The predicted octanol–water partition coefficient (Wildman–Crippen LogP) is 2.06. The van der Waals surface area contributed by atoms with Gasteiger partial charge in [-0.1, -0.05) is 0 Å². The molecule has 1 heteroatoms. The molecule has 1 N–H and O–H groups in total. The lowest BCUT2D eigenvalue weighted by molar-refractivity contribution is 0.411. The van der Waals surface area contributed by atoms with Gasteiger partial charge in [-0.2, -0.15) is 0 Å². The Morgan fingerprint density at radius 1 is 1.86 bits per heavy atom. The number of allylic oxidation sites excluding steroid dienone is 2. The molecule has 0 aliphatic rings. The van der Waals surface area contributed by atoms with Crippen molar-refractivity contribution in [3.8, 4) is 0 Å². The molecule has 7 heavy (non-hydrogen) atoms. The maximum atomic E-state index is 8.52. The molecule has 0 radical (unpaired) electrons. The molecule has 0 aromatic rings. The van der Waals surface area contributed by atoms with Gasteiger partial charge in [0.05, 0.1) is 19.1 Å². The molecule has 0 saturated carbocycles. The van der Waals surface area contributed by atoms with Crippen LogP contribution in [0.3, 0.4) is 0 Å². The molecule has 0 aromatic carbocycles. The highest BCUT2D eigenvalue weighted by Crippen LogP contribution is 1.91. The Balaban J connectivity index is 3.08. The first-order chi connectivity index (χ1) is 3.27. The fraction of sp³-hybridized carbons (Fsp3) is 0.500. The summed E-state index contributed by atoms with van der Waals surface area (Å²) in [5.74, 6) is 0.392. The molecule has 0 aliphatic heterocycles. The third kappa shape index (κ3) is 5.41. The van der Waals surface area contributed by atoms with E-state index in [1.165, 1.54) is 0 Å². The standard InChI is InChI=1S/C6H10O/c1-3-4-5-6(2)7/h5H,1,3-4H2,2H3/p+1. The van der Waals surface area contributed by atoms with Crippen molar-refractivity contribution in [2.45, 2.75) is 19.8 Å². The molecule has 0 bridgehead atoms. The van der Waals surface area contributed by atoms with Crippen LogP contribution in [0.1, 0.15) is 19.8 Å². The quantitative estimate of drug-likeness (QED) is 0.415. The lowest BCUT2D eigenvalue weighted by atomic mass is 10.3. The highest BCUT2D eigenvalue weighted by Gasteiger charge is 1.79. The van der Waals surface area contributed by atoms with Crippen molar-refractivity contribution in [1.82, 2.24) is 0 Å². The van der Waals surface area contributed by atoms with Crippen LogP contribution in [0.15, 0.2) is 11.8 Å². The average Bonchev–Trinajstić information content (AvgIpc) is 1.61. The van der Waals surface area contributed by atoms with Gasteiger partial charge in [0.25, 0.3) is 0 Å². The lowest BCUT2D eigenvalue weighted by Crippen LogP contribution is -1.68. The van der Waals surface area contributed by atoms with E-state index in [9.17, 15) is 0 Å². The van der Waals surface area contributed by atoms with Gasteiger partial charge in [0.1, 0.15) is 0 Å². The lowest BCUT2D eigenvalue weighted by Gasteiger charge is -1.81. The van der Waals surface area contributed by atoms with Gasteiger partial charge < -0.3 is 5.11 Å². The van der Waals surface area contributed by atoms with Gasteiger partial charge in [0.15, 0.2) is 0 Å². The Labute approximate surface area is 44.7 Å². The summed E-state index contributed by atoms with van der Waals surface area (Å²) in [7, 11) is 0. The van der Waals surface area contributed by atoms with Crippen LogP contribution in [0.25, 0.3) is 0 Å². The first-order valence-corrected chi connectivity index (χ1v) is 2.42. The monoisotopic (exact) mass is 99.1 g/mol. The molecule has 0 unspecified atom stereocenters. The second-order valence-electron chi connectivity index (χ2n) is 1.49. The van der Waals surface area contributed by atoms with E-state index in [1.807, 2.05) is 0 Å². The zero-order valence-corrected chi connectivity index (χ0v) is 4.65.